The monoisotopic (exact) mass is 329 g/mol. The molecule has 0 radical (unpaired) electrons. The fourth-order valence-corrected chi connectivity index (χ4v) is 3.53. The summed E-state index contributed by atoms with van der Waals surface area (Å²) in [5.41, 5.74) is 2.31. The summed E-state index contributed by atoms with van der Waals surface area (Å²) in [7, 11) is 1.86. The number of carbonyl (C=O) groups excluding carboxylic acids is 1. The Bertz CT molecular complexity index is 724. The van der Waals surface area contributed by atoms with Gasteiger partial charge >= 0.3 is 0 Å². The molecule has 6 nitrogen and oxygen atoms in total. The number of aromatic nitrogens is 3. The summed E-state index contributed by atoms with van der Waals surface area (Å²) in [6, 6.07) is 1.88. The number of amides is 1. The lowest BCUT2D eigenvalue weighted by Gasteiger charge is -2.30. The van der Waals surface area contributed by atoms with Crippen LogP contribution >= 0.6 is 0 Å². The van der Waals surface area contributed by atoms with E-state index in [0.29, 0.717) is 12.1 Å². The van der Waals surface area contributed by atoms with E-state index in [4.69, 9.17) is 0 Å². The molecule has 0 aliphatic carbocycles. The highest BCUT2D eigenvalue weighted by Gasteiger charge is 2.16. The highest BCUT2D eigenvalue weighted by Crippen LogP contribution is 2.17. The summed E-state index contributed by atoms with van der Waals surface area (Å²) >= 11 is 0. The van der Waals surface area contributed by atoms with Gasteiger partial charge in [0.1, 0.15) is 0 Å². The summed E-state index contributed by atoms with van der Waals surface area (Å²) < 4.78 is 1.74. The van der Waals surface area contributed by atoms with E-state index in [-0.39, 0.29) is 5.91 Å². The Morgan fingerprint density at radius 2 is 2.29 bits per heavy atom. The zero-order chi connectivity index (χ0) is 17.1. The van der Waals surface area contributed by atoms with Crippen LogP contribution < -0.4 is 5.32 Å². The molecule has 1 atom stereocenters. The maximum Gasteiger partial charge on any atom is 0.252 e. The van der Waals surface area contributed by atoms with Crippen molar-refractivity contribution >= 4 is 16.9 Å². The lowest BCUT2D eigenvalue weighted by molar-refractivity contribution is 0.0950. The van der Waals surface area contributed by atoms with Crippen molar-refractivity contribution in [3.63, 3.8) is 0 Å². The van der Waals surface area contributed by atoms with E-state index < -0.39 is 0 Å². The summed E-state index contributed by atoms with van der Waals surface area (Å²) in [5.74, 6) is 0.744. The molecule has 24 heavy (non-hydrogen) atoms. The van der Waals surface area contributed by atoms with Crippen molar-refractivity contribution in [1.29, 1.82) is 0 Å². The molecule has 1 saturated heterocycles. The van der Waals surface area contributed by atoms with Crippen LogP contribution in [0, 0.1) is 12.8 Å². The first-order valence-electron chi connectivity index (χ1n) is 8.84. The molecule has 0 saturated carbocycles. The first kappa shape index (κ1) is 16.9. The van der Waals surface area contributed by atoms with Gasteiger partial charge in [0.25, 0.3) is 5.91 Å². The topological polar surface area (TPSA) is 63.1 Å². The lowest BCUT2D eigenvalue weighted by atomic mass is 10.0. The van der Waals surface area contributed by atoms with Crippen LogP contribution in [-0.2, 0) is 7.05 Å². The molecule has 1 aliphatic rings. The summed E-state index contributed by atoms with van der Waals surface area (Å²) in [6.45, 7) is 8.40. The van der Waals surface area contributed by atoms with Gasteiger partial charge in [-0.3, -0.25) is 9.48 Å². The molecule has 6 heteroatoms. The van der Waals surface area contributed by atoms with Gasteiger partial charge in [0.2, 0.25) is 0 Å². The van der Waals surface area contributed by atoms with Gasteiger partial charge in [0.05, 0.1) is 11.3 Å². The maximum atomic E-state index is 12.3. The van der Waals surface area contributed by atoms with Crippen molar-refractivity contribution in [2.45, 2.75) is 33.1 Å². The molecule has 3 heterocycles. The Morgan fingerprint density at radius 1 is 1.46 bits per heavy atom. The average molecular weight is 329 g/mol. The van der Waals surface area contributed by atoms with Crippen LogP contribution in [0.15, 0.2) is 12.3 Å². The first-order valence-corrected chi connectivity index (χ1v) is 8.84. The number of likely N-dealkylation sites (tertiary alicyclic amines) is 1. The minimum atomic E-state index is -0.0559. The van der Waals surface area contributed by atoms with Gasteiger partial charge in [-0.15, -0.1) is 0 Å². The van der Waals surface area contributed by atoms with Crippen LogP contribution in [0.2, 0.25) is 0 Å². The largest absolute Gasteiger partial charge is 0.352 e. The zero-order valence-corrected chi connectivity index (χ0v) is 14.9. The van der Waals surface area contributed by atoms with E-state index in [0.717, 1.165) is 35.6 Å². The Kier molecular flexibility index (Phi) is 5.14. The van der Waals surface area contributed by atoms with Crippen molar-refractivity contribution in [1.82, 2.24) is 25.0 Å². The van der Waals surface area contributed by atoms with Gasteiger partial charge in [-0.05, 0) is 51.3 Å². The van der Waals surface area contributed by atoms with Crippen molar-refractivity contribution in [3.8, 4) is 0 Å². The van der Waals surface area contributed by atoms with Crippen molar-refractivity contribution in [2.24, 2.45) is 13.0 Å². The third-order valence-electron chi connectivity index (χ3n) is 4.80. The van der Waals surface area contributed by atoms with E-state index >= 15 is 0 Å². The molecule has 0 bridgehead atoms. The molecule has 2 aromatic rings. The molecule has 0 spiro atoms. The van der Waals surface area contributed by atoms with Crippen molar-refractivity contribution < 1.29 is 4.79 Å². The van der Waals surface area contributed by atoms with E-state index in [1.807, 2.05) is 20.0 Å². The van der Waals surface area contributed by atoms with Gasteiger partial charge in [-0.2, -0.15) is 5.10 Å². The second-order valence-corrected chi connectivity index (χ2v) is 6.96. The molecular weight excluding hydrogens is 302 g/mol. The molecule has 0 unspecified atom stereocenters. The Balaban J connectivity index is 1.51. The van der Waals surface area contributed by atoms with Crippen LogP contribution in [0.1, 0.15) is 42.2 Å². The normalized spacial score (nSPS) is 18.9. The number of hydrogen-bond acceptors (Lipinski definition) is 4. The number of carbonyl (C=O) groups is 1. The number of rotatable bonds is 5. The standard InChI is InChI=1S/C18H27N5O/c1-13-6-4-8-23(12-13)9-5-7-19-18(24)15-10-16-14(2)21-22(3)17(16)20-11-15/h10-11,13H,4-9,12H2,1-3H3,(H,19,24)/t13-/m1/s1. The van der Waals surface area contributed by atoms with Crippen LogP contribution in [-0.4, -0.2) is 51.8 Å². The predicted octanol–water partition coefficient (Wildman–Crippen LogP) is 2.13. The molecule has 130 valence electrons. The SMILES string of the molecule is Cc1nn(C)c2ncc(C(=O)NCCCN3CCC[C@@H](C)C3)cc12. The maximum absolute atomic E-state index is 12.3. The van der Waals surface area contributed by atoms with Gasteiger partial charge in [0.15, 0.2) is 5.65 Å². The minimum absolute atomic E-state index is 0.0559. The highest BCUT2D eigenvalue weighted by atomic mass is 16.1. The minimum Gasteiger partial charge on any atom is -0.352 e. The Labute approximate surface area is 143 Å². The second-order valence-electron chi connectivity index (χ2n) is 6.96. The third-order valence-corrected chi connectivity index (χ3v) is 4.80. The van der Waals surface area contributed by atoms with Crippen LogP contribution in [0.4, 0.5) is 0 Å². The number of aryl methyl sites for hydroxylation is 2. The highest BCUT2D eigenvalue weighted by molar-refractivity contribution is 5.97. The summed E-state index contributed by atoms with van der Waals surface area (Å²) in [5, 5.41) is 8.29. The van der Waals surface area contributed by atoms with Crippen LogP contribution in [0.5, 0.6) is 0 Å². The predicted molar refractivity (Wildman–Crippen MR) is 95.0 cm³/mol. The molecule has 1 N–H and O–H groups in total. The van der Waals surface area contributed by atoms with E-state index in [1.165, 1.54) is 25.9 Å². The molecule has 0 aromatic carbocycles. The van der Waals surface area contributed by atoms with Crippen molar-refractivity contribution in [3.05, 3.63) is 23.5 Å². The van der Waals surface area contributed by atoms with Crippen LogP contribution in [0.25, 0.3) is 11.0 Å². The summed E-state index contributed by atoms with van der Waals surface area (Å²) in [4.78, 5) is 19.2. The van der Waals surface area contributed by atoms with Gasteiger partial charge in [-0.25, -0.2) is 4.98 Å². The fraction of sp³-hybridized carbons (Fsp3) is 0.611. The number of nitrogens with zero attached hydrogens (tertiary/aromatic N) is 4. The molecular formula is C18H27N5O. The molecule has 1 amide bonds. The number of fused-ring (bicyclic) bond motifs is 1. The zero-order valence-electron chi connectivity index (χ0n) is 14.9. The number of hydrogen-bond donors (Lipinski definition) is 1. The number of piperidine rings is 1. The Hall–Kier alpha value is -1.95. The molecule has 2 aromatic heterocycles. The van der Waals surface area contributed by atoms with Gasteiger partial charge in [-0.1, -0.05) is 6.92 Å². The fourth-order valence-electron chi connectivity index (χ4n) is 3.53. The van der Waals surface area contributed by atoms with E-state index in [2.05, 4.69) is 27.2 Å². The molecule has 1 fully saturated rings. The van der Waals surface area contributed by atoms with Crippen LogP contribution in [0.3, 0.4) is 0 Å². The number of pyridine rings is 1. The Morgan fingerprint density at radius 3 is 3.08 bits per heavy atom. The first-order chi connectivity index (χ1) is 11.5. The average Bonchev–Trinajstić information content (AvgIpc) is 2.85. The number of nitrogens with one attached hydrogen (secondary N) is 1. The van der Waals surface area contributed by atoms with Gasteiger partial charge in [0, 0.05) is 31.7 Å². The molecule has 3 rings (SSSR count). The van der Waals surface area contributed by atoms with Gasteiger partial charge < -0.3 is 10.2 Å². The lowest BCUT2D eigenvalue weighted by Crippen LogP contribution is -2.36. The molecule has 1 aliphatic heterocycles. The third kappa shape index (κ3) is 3.75. The van der Waals surface area contributed by atoms with E-state index in [9.17, 15) is 4.79 Å². The van der Waals surface area contributed by atoms with E-state index in [1.54, 1.807) is 10.9 Å². The second kappa shape index (κ2) is 7.30. The van der Waals surface area contributed by atoms with Crippen molar-refractivity contribution in [2.75, 3.05) is 26.2 Å². The summed E-state index contributed by atoms with van der Waals surface area (Å²) in [6.07, 6.45) is 5.26. The smallest absolute Gasteiger partial charge is 0.252 e. The quantitative estimate of drug-likeness (QED) is 0.854.